The van der Waals surface area contributed by atoms with Crippen molar-refractivity contribution in [3.63, 3.8) is 0 Å². The summed E-state index contributed by atoms with van der Waals surface area (Å²) >= 11 is 24.3. The normalized spacial score (nSPS) is 12.0. The summed E-state index contributed by atoms with van der Waals surface area (Å²) < 4.78 is 7.02. The van der Waals surface area contributed by atoms with Crippen molar-refractivity contribution in [2.75, 3.05) is 0 Å². The van der Waals surface area contributed by atoms with Gasteiger partial charge in [-0.15, -0.1) is 0 Å². The molecule has 0 spiro atoms. The summed E-state index contributed by atoms with van der Waals surface area (Å²) in [6.45, 7) is 0. The third-order valence-electron chi connectivity index (χ3n) is 3.25. The van der Waals surface area contributed by atoms with Crippen LogP contribution in [-0.4, -0.2) is 20.5 Å². The van der Waals surface area contributed by atoms with Crippen molar-refractivity contribution in [2.24, 2.45) is 0 Å². The van der Waals surface area contributed by atoms with E-state index in [1.807, 2.05) is 0 Å². The molecule has 25 heavy (non-hydrogen) atoms. The minimum Gasteiger partial charge on any atom is -0.458 e. The van der Waals surface area contributed by atoms with E-state index in [2.05, 4.69) is 10.1 Å². The molecule has 0 radical (unpaired) electrons. The highest BCUT2D eigenvalue weighted by Crippen LogP contribution is 2.35. The first-order valence-corrected chi connectivity index (χ1v) is 8.42. The fourth-order valence-corrected chi connectivity index (χ4v) is 3.08. The van der Waals surface area contributed by atoms with Gasteiger partial charge in [-0.1, -0.05) is 52.5 Å². The number of para-hydroxylation sites is 1. The van der Waals surface area contributed by atoms with Crippen LogP contribution in [0.5, 0.6) is 5.75 Å². The first-order chi connectivity index (χ1) is 12.0. The number of nitrogens with zero attached hydrogens (tertiary/aromatic N) is 3. The number of carbonyl (C=O) groups excluding carboxylic acids is 1. The van der Waals surface area contributed by atoms with Crippen molar-refractivity contribution in [3.8, 4) is 5.75 Å². The lowest BCUT2D eigenvalue weighted by molar-refractivity contribution is 0.0620. The molecule has 1 atom stereocenters. The monoisotopic (exact) mass is 415 g/mol. The minimum absolute atomic E-state index is 0.157. The average molecular weight is 417 g/mol. The van der Waals surface area contributed by atoms with Gasteiger partial charge < -0.3 is 4.74 Å². The Morgan fingerprint density at radius 1 is 1.04 bits per heavy atom. The van der Waals surface area contributed by atoms with Gasteiger partial charge in [-0.2, -0.15) is 5.10 Å². The molecule has 0 aliphatic carbocycles. The number of ketones is 1. The van der Waals surface area contributed by atoms with Crippen molar-refractivity contribution >= 4 is 52.2 Å². The Morgan fingerprint density at radius 3 is 2.36 bits per heavy atom. The summed E-state index contributed by atoms with van der Waals surface area (Å²) in [5.41, 5.74) is 0.217. The molecule has 0 saturated carbocycles. The van der Waals surface area contributed by atoms with Gasteiger partial charge in [-0.05, 0) is 30.3 Å². The van der Waals surface area contributed by atoms with E-state index in [0.717, 1.165) is 0 Å². The molecule has 0 N–H and O–H groups in total. The highest BCUT2D eigenvalue weighted by Gasteiger charge is 2.28. The minimum atomic E-state index is -1.20. The number of rotatable bonds is 5. The van der Waals surface area contributed by atoms with Crippen LogP contribution in [-0.2, 0) is 0 Å². The Kier molecular flexibility index (Phi) is 5.49. The lowest BCUT2D eigenvalue weighted by Crippen LogP contribution is -2.26. The first kappa shape index (κ1) is 18.0. The largest absolute Gasteiger partial charge is 0.458 e. The first-order valence-electron chi connectivity index (χ1n) is 6.91. The van der Waals surface area contributed by atoms with Crippen LogP contribution < -0.4 is 4.74 Å². The van der Waals surface area contributed by atoms with E-state index in [-0.39, 0.29) is 26.4 Å². The molecule has 9 heteroatoms. The highest BCUT2D eigenvalue weighted by atomic mass is 35.5. The molecule has 1 unspecified atom stereocenters. The summed E-state index contributed by atoms with van der Waals surface area (Å²) in [7, 11) is 0. The Morgan fingerprint density at radius 2 is 1.76 bits per heavy atom. The molecular weight excluding hydrogens is 408 g/mol. The van der Waals surface area contributed by atoms with Gasteiger partial charge in [0, 0.05) is 10.6 Å². The van der Waals surface area contributed by atoms with E-state index in [1.54, 1.807) is 24.3 Å². The Bertz CT molecular complexity index is 895. The van der Waals surface area contributed by atoms with Crippen LogP contribution in [0.4, 0.5) is 0 Å². The molecule has 3 aromatic rings. The van der Waals surface area contributed by atoms with Gasteiger partial charge in [0.25, 0.3) is 6.23 Å². The number of benzene rings is 2. The van der Waals surface area contributed by atoms with Crippen molar-refractivity contribution in [1.82, 2.24) is 14.8 Å². The molecule has 5 nitrogen and oxygen atoms in total. The summed E-state index contributed by atoms with van der Waals surface area (Å²) in [5, 5.41) is 5.09. The molecule has 128 valence electrons. The van der Waals surface area contributed by atoms with Crippen LogP contribution >= 0.6 is 46.4 Å². The fourth-order valence-electron chi connectivity index (χ4n) is 2.10. The summed E-state index contributed by atoms with van der Waals surface area (Å²) in [6.07, 6.45) is 1.43. The number of hydrogen-bond donors (Lipinski definition) is 0. The molecule has 1 aromatic heterocycles. The van der Waals surface area contributed by atoms with Gasteiger partial charge in [-0.25, -0.2) is 9.67 Å². The molecule has 1 heterocycles. The Balaban J connectivity index is 2.03. The van der Waals surface area contributed by atoms with Gasteiger partial charge in [-0.3, -0.25) is 4.79 Å². The van der Waals surface area contributed by atoms with E-state index in [0.29, 0.717) is 5.02 Å². The maximum Gasteiger partial charge on any atom is 0.256 e. The molecule has 3 rings (SSSR count). The van der Waals surface area contributed by atoms with Crippen LogP contribution in [0.1, 0.15) is 16.6 Å². The van der Waals surface area contributed by atoms with Gasteiger partial charge in [0.05, 0.1) is 15.1 Å². The molecular formula is C16H9Cl4N3O2. The molecule has 0 saturated heterocycles. The lowest BCUT2D eigenvalue weighted by atomic mass is 10.1. The lowest BCUT2D eigenvalue weighted by Gasteiger charge is -2.20. The zero-order valence-corrected chi connectivity index (χ0v) is 15.4. The molecule has 0 fully saturated rings. The zero-order chi connectivity index (χ0) is 18.0. The third-order valence-corrected chi connectivity index (χ3v) is 4.39. The maximum absolute atomic E-state index is 13.0. The van der Waals surface area contributed by atoms with E-state index in [4.69, 9.17) is 51.1 Å². The smallest absolute Gasteiger partial charge is 0.256 e. The summed E-state index contributed by atoms with van der Waals surface area (Å²) in [6, 6.07) is 9.40. The van der Waals surface area contributed by atoms with E-state index in [9.17, 15) is 4.79 Å². The van der Waals surface area contributed by atoms with Crippen LogP contribution in [0.2, 0.25) is 20.1 Å². The van der Waals surface area contributed by atoms with Crippen LogP contribution in [0, 0.1) is 0 Å². The standard InChI is InChI=1S/C16H9Cl4N3O2/c17-9-4-5-10(13(20)6-9)14(24)16(23-8-21-7-22-23)25-15-11(18)2-1-3-12(15)19/h1-8,16H. The van der Waals surface area contributed by atoms with E-state index >= 15 is 0 Å². The van der Waals surface area contributed by atoms with Crippen molar-refractivity contribution < 1.29 is 9.53 Å². The SMILES string of the molecule is O=C(c1ccc(Cl)cc1Cl)C(Oc1c(Cl)cccc1Cl)n1cncn1. The van der Waals surface area contributed by atoms with Crippen LogP contribution in [0.25, 0.3) is 0 Å². The van der Waals surface area contributed by atoms with Gasteiger partial charge in [0.1, 0.15) is 12.7 Å². The van der Waals surface area contributed by atoms with Crippen LogP contribution in [0.15, 0.2) is 49.1 Å². The van der Waals surface area contributed by atoms with Gasteiger partial charge >= 0.3 is 0 Å². The second-order valence-electron chi connectivity index (χ2n) is 4.88. The predicted molar refractivity (Wildman–Crippen MR) is 96.9 cm³/mol. The Hall–Kier alpha value is -1.79. The number of aromatic nitrogens is 3. The van der Waals surface area contributed by atoms with Crippen LogP contribution in [0.3, 0.4) is 0 Å². The second kappa shape index (κ2) is 7.62. The summed E-state index contributed by atoms with van der Waals surface area (Å²) in [4.78, 5) is 16.8. The number of hydrogen-bond acceptors (Lipinski definition) is 4. The quantitative estimate of drug-likeness (QED) is 0.526. The highest BCUT2D eigenvalue weighted by molar-refractivity contribution is 6.37. The second-order valence-corrected chi connectivity index (χ2v) is 6.54. The molecule has 0 amide bonds. The average Bonchev–Trinajstić information content (AvgIpc) is 3.08. The molecule has 2 aromatic carbocycles. The van der Waals surface area contributed by atoms with E-state index in [1.165, 1.54) is 29.5 Å². The maximum atomic E-state index is 13.0. The fraction of sp³-hybridized carbons (Fsp3) is 0.0625. The molecule has 0 aliphatic rings. The third kappa shape index (κ3) is 3.90. The number of Topliss-reactive ketones (excluding diaryl/α,β-unsaturated/α-hetero) is 1. The van der Waals surface area contributed by atoms with Crippen molar-refractivity contribution in [3.05, 3.63) is 74.7 Å². The van der Waals surface area contributed by atoms with Crippen molar-refractivity contribution in [1.29, 1.82) is 0 Å². The predicted octanol–water partition coefficient (Wildman–Crippen LogP) is 5.35. The molecule has 0 aliphatic heterocycles. The van der Waals surface area contributed by atoms with Gasteiger partial charge in [0.2, 0.25) is 5.78 Å². The molecule has 0 bridgehead atoms. The number of halogens is 4. The van der Waals surface area contributed by atoms with Crippen molar-refractivity contribution in [2.45, 2.75) is 6.23 Å². The number of carbonyl (C=O) groups is 1. The summed E-state index contributed by atoms with van der Waals surface area (Å²) in [5.74, 6) is -0.298. The number of ether oxygens (including phenoxy) is 1. The Labute approximate surface area is 163 Å². The topological polar surface area (TPSA) is 57.0 Å². The zero-order valence-electron chi connectivity index (χ0n) is 12.4. The van der Waals surface area contributed by atoms with Gasteiger partial charge in [0.15, 0.2) is 5.75 Å². The van der Waals surface area contributed by atoms with E-state index < -0.39 is 12.0 Å².